The van der Waals surface area contributed by atoms with E-state index in [9.17, 15) is 9.59 Å². The predicted octanol–water partition coefficient (Wildman–Crippen LogP) is 4.20. The van der Waals surface area contributed by atoms with Gasteiger partial charge in [-0.3, -0.25) is 14.2 Å². The first-order valence-electron chi connectivity index (χ1n) is 10.3. The van der Waals surface area contributed by atoms with E-state index in [0.717, 1.165) is 29.5 Å². The van der Waals surface area contributed by atoms with Gasteiger partial charge in [0, 0.05) is 30.9 Å². The molecular weight excluding hydrogens is 382 g/mol. The number of aryl methyl sites for hydroxylation is 2. The van der Waals surface area contributed by atoms with E-state index in [-0.39, 0.29) is 23.3 Å². The number of nitrogens with zero attached hydrogens (tertiary/aromatic N) is 3. The Bertz CT molecular complexity index is 970. The second-order valence-electron chi connectivity index (χ2n) is 8.86. The van der Waals surface area contributed by atoms with Crippen molar-refractivity contribution in [2.45, 2.75) is 53.0 Å². The minimum atomic E-state index is -0.0199. The molecule has 1 atom stereocenters. The Balaban J connectivity index is 1.82. The SMILES string of the molecule is C=CCN(CC=C)C(=O)CCn1cnc2sc3c(c2c1=O)CCC(C(C)(C)C)C3. The van der Waals surface area contributed by atoms with Crippen LogP contribution in [0, 0.1) is 11.3 Å². The molecule has 0 saturated heterocycles. The van der Waals surface area contributed by atoms with Crippen molar-refractivity contribution in [2.24, 2.45) is 11.3 Å². The largest absolute Gasteiger partial charge is 0.335 e. The van der Waals surface area contributed by atoms with E-state index >= 15 is 0 Å². The summed E-state index contributed by atoms with van der Waals surface area (Å²) in [5.74, 6) is 0.612. The zero-order valence-corrected chi connectivity index (χ0v) is 18.6. The van der Waals surface area contributed by atoms with Gasteiger partial charge in [0.25, 0.3) is 5.56 Å². The van der Waals surface area contributed by atoms with Crippen molar-refractivity contribution in [1.29, 1.82) is 0 Å². The van der Waals surface area contributed by atoms with Crippen LogP contribution in [0.15, 0.2) is 36.4 Å². The number of hydrogen-bond donors (Lipinski definition) is 0. The Morgan fingerprint density at radius 2 is 2.03 bits per heavy atom. The lowest BCUT2D eigenvalue weighted by Crippen LogP contribution is -2.33. The van der Waals surface area contributed by atoms with Crippen LogP contribution in [0.2, 0.25) is 0 Å². The lowest BCUT2D eigenvalue weighted by atomic mass is 9.72. The molecule has 0 bridgehead atoms. The molecule has 0 aliphatic heterocycles. The highest BCUT2D eigenvalue weighted by atomic mass is 32.1. The Morgan fingerprint density at radius 3 is 2.66 bits per heavy atom. The topological polar surface area (TPSA) is 55.2 Å². The van der Waals surface area contributed by atoms with Crippen molar-refractivity contribution in [3.63, 3.8) is 0 Å². The van der Waals surface area contributed by atoms with Gasteiger partial charge >= 0.3 is 0 Å². The fourth-order valence-corrected chi connectivity index (χ4v) is 5.32. The van der Waals surface area contributed by atoms with Gasteiger partial charge in [-0.1, -0.05) is 32.9 Å². The molecule has 29 heavy (non-hydrogen) atoms. The first kappa shape index (κ1) is 21.5. The molecule has 2 aromatic rings. The summed E-state index contributed by atoms with van der Waals surface area (Å²) in [6, 6.07) is 0. The van der Waals surface area contributed by atoms with Gasteiger partial charge in [0.2, 0.25) is 5.91 Å². The van der Waals surface area contributed by atoms with Crippen molar-refractivity contribution in [1.82, 2.24) is 14.5 Å². The van der Waals surface area contributed by atoms with E-state index in [2.05, 4.69) is 38.9 Å². The molecule has 1 aliphatic rings. The highest BCUT2D eigenvalue weighted by Gasteiger charge is 2.31. The van der Waals surface area contributed by atoms with Crippen LogP contribution in [0.4, 0.5) is 0 Å². The molecule has 1 unspecified atom stereocenters. The van der Waals surface area contributed by atoms with Crippen LogP contribution in [0.25, 0.3) is 10.2 Å². The monoisotopic (exact) mass is 413 g/mol. The molecule has 5 nitrogen and oxygen atoms in total. The van der Waals surface area contributed by atoms with Crippen LogP contribution in [-0.4, -0.2) is 33.4 Å². The van der Waals surface area contributed by atoms with Crippen LogP contribution in [0.5, 0.6) is 0 Å². The van der Waals surface area contributed by atoms with E-state index in [0.29, 0.717) is 25.6 Å². The van der Waals surface area contributed by atoms with Gasteiger partial charge < -0.3 is 4.90 Å². The molecule has 6 heteroatoms. The number of carbonyl (C=O) groups excluding carboxylic acids is 1. The molecule has 0 N–H and O–H groups in total. The molecule has 0 fully saturated rings. The third-order valence-corrected chi connectivity index (χ3v) is 7.04. The first-order chi connectivity index (χ1) is 13.8. The molecular formula is C23H31N3O2S. The Morgan fingerprint density at radius 1 is 1.34 bits per heavy atom. The Labute approximate surface area is 176 Å². The van der Waals surface area contributed by atoms with Gasteiger partial charge in [0.15, 0.2) is 0 Å². The van der Waals surface area contributed by atoms with Gasteiger partial charge in [-0.05, 0) is 36.2 Å². The second-order valence-corrected chi connectivity index (χ2v) is 9.94. The van der Waals surface area contributed by atoms with Gasteiger partial charge in [0.1, 0.15) is 4.83 Å². The summed E-state index contributed by atoms with van der Waals surface area (Å²) in [6.45, 7) is 15.6. The van der Waals surface area contributed by atoms with E-state index in [1.54, 1.807) is 39.3 Å². The van der Waals surface area contributed by atoms with Gasteiger partial charge in [-0.25, -0.2) is 4.98 Å². The second kappa shape index (κ2) is 8.66. The highest BCUT2D eigenvalue weighted by Crippen LogP contribution is 2.41. The zero-order chi connectivity index (χ0) is 21.2. The summed E-state index contributed by atoms with van der Waals surface area (Å²) in [4.78, 5) is 34.0. The fourth-order valence-electron chi connectivity index (χ4n) is 4.06. The number of hydrogen-bond acceptors (Lipinski definition) is 4. The summed E-state index contributed by atoms with van der Waals surface area (Å²) >= 11 is 1.66. The summed E-state index contributed by atoms with van der Waals surface area (Å²) < 4.78 is 1.59. The molecule has 0 spiro atoms. The minimum Gasteiger partial charge on any atom is -0.335 e. The predicted molar refractivity (Wildman–Crippen MR) is 120 cm³/mol. The molecule has 0 aromatic carbocycles. The van der Waals surface area contributed by atoms with Crippen molar-refractivity contribution in [3.8, 4) is 0 Å². The molecule has 3 rings (SSSR count). The summed E-state index contributed by atoms with van der Waals surface area (Å²) in [6.07, 6.45) is 8.31. The number of thiophene rings is 1. The van der Waals surface area contributed by atoms with E-state index < -0.39 is 0 Å². The van der Waals surface area contributed by atoms with E-state index in [4.69, 9.17) is 0 Å². The Hall–Kier alpha value is -2.21. The molecule has 1 aliphatic carbocycles. The third kappa shape index (κ3) is 4.53. The first-order valence-corrected chi connectivity index (χ1v) is 11.1. The molecule has 0 saturated carbocycles. The van der Waals surface area contributed by atoms with Crippen LogP contribution in [0.3, 0.4) is 0 Å². The van der Waals surface area contributed by atoms with Crippen molar-refractivity contribution < 1.29 is 4.79 Å². The maximum Gasteiger partial charge on any atom is 0.262 e. The fraction of sp³-hybridized carbons (Fsp3) is 0.522. The molecule has 0 radical (unpaired) electrons. The van der Waals surface area contributed by atoms with Gasteiger partial charge in [0.05, 0.1) is 11.7 Å². The quantitative estimate of drug-likeness (QED) is 0.639. The smallest absolute Gasteiger partial charge is 0.262 e. The average molecular weight is 414 g/mol. The average Bonchev–Trinajstić information content (AvgIpc) is 3.05. The standard InChI is InChI=1S/C23H31N3O2S/c1-6-11-25(12-7-2)19(27)10-13-26-15-24-21-20(22(26)28)17-9-8-16(23(3,4)5)14-18(17)29-21/h6-7,15-16H,1-2,8-14H2,3-5H3. The number of rotatable bonds is 7. The van der Waals surface area contributed by atoms with Crippen molar-refractivity contribution in [3.05, 3.63) is 52.4 Å². The third-order valence-electron chi connectivity index (χ3n) is 5.88. The number of carbonyl (C=O) groups is 1. The summed E-state index contributed by atoms with van der Waals surface area (Å²) in [5, 5.41) is 0.765. The number of amides is 1. The Kier molecular flexibility index (Phi) is 6.42. The maximum atomic E-state index is 13.1. The maximum absolute atomic E-state index is 13.1. The lowest BCUT2D eigenvalue weighted by Gasteiger charge is -2.33. The molecule has 2 heterocycles. The minimum absolute atomic E-state index is 0.0165. The van der Waals surface area contributed by atoms with Crippen molar-refractivity contribution >= 4 is 27.5 Å². The van der Waals surface area contributed by atoms with Crippen LogP contribution >= 0.6 is 11.3 Å². The number of aromatic nitrogens is 2. The summed E-state index contributed by atoms with van der Waals surface area (Å²) in [5.41, 5.74) is 1.43. The zero-order valence-electron chi connectivity index (χ0n) is 17.7. The normalized spacial score (nSPS) is 16.4. The number of fused-ring (bicyclic) bond motifs is 3. The van der Waals surface area contributed by atoms with Crippen LogP contribution < -0.4 is 5.56 Å². The van der Waals surface area contributed by atoms with Crippen LogP contribution in [0.1, 0.15) is 44.1 Å². The van der Waals surface area contributed by atoms with Crippen LogP contribution in [-0.2, 0) is 24.2 Å². The van der Waals surface area contributed by atoms with Gasteiger partial charge in [-0.2, -0.15) is 0 Å². The summed E-state index contributed by atoms with van der Waals surface area (Å²) in [7, 11) is 0. The highest BCUT2D eigenvalue weighted by molar-refractivity contribution is 7.18. The molecule has 2 aromatic heterocycles. The van der Waals surface area contributed by atoms with Gasteiger partial charge in [-0.15, -0.1) is 24.5 Å². The van der Waals surface area contributed by atoms with E-state index in [1.807, 2.05) is 0 Å². The lowest BCUT2D eigenvalue weighted by molar-refractivity contribution is -0.130. The molecule has 156 valence electrons. The van der Waals surface area contributed by atoms with Crippen molar-refractivity contribution in [2.75, 3.05) is 13.1 Å². The van der Waals surface area contributed by atoms with E-state index in [1.165, 1.54) is 10.4 Å². The molecule has 1 amide bonds.